The Morgan fingerprint density at radius 3 is 2.55 bits per heavy atom. The first-order valence-electron chi connectivity index (χ1n) is 11.2. The molecule has 5 aliphatic rings. The van der Waals surface area contributed by atoms with E-state index in [0.29, 0.717) is 50.7 Å². The predicted molar refractivity (Wildman–Crippen MR) is 108 cm³/mol. The highest BCUT2D eigenvalue weighted by Gasteiger charge is 2.69. The Kier molecular flexibility index (Phi) is 5.67. The molecule has 4 aliphatic carbocycles. The standard InChI is InChI=1S/C23H32O8/c1-5-27-15(4)30-22-9-16-8-21(11-22,20(26)29-17-6-7-28-19(17)25)12-23(10-16,13-22)31-18(24)14(2)3/h15-17H,2,5-13H2,1,3-4H3. The van der Waals surface area contributed by atoms with Gasteiger partial charge in [-0.2, -0.15) is 0 Å². The summed E-state index contributed by atoms with van der Waals surface area (Å²) >= 11 is 0. The summed E-state index contributed by atoms with van der Waals surface area (Å²) in [4.78, 5) is 37.8. The maximum Gasteiger partial charge on any atom is 0.347 e. The van der Waals surface area contributed by atoms with Crippen LogP contribution in [0.3, 0.4) is 0 Å². The molecule has 0 aromatic rings. The highest BCUT2D eigenvalue weighted by molar-refractivity contribution is 5.88. The molecule has 0 spiro atoms. The summed E-state index contributed by atoms with van der Waals surface area (Å²) in [5.41, 5.74) is -2.03. The van der Waals surface area contributed by atoms with Crippen LogP contribution in [0.25, 0.3) is 0 Å². The molecule has 1 aliphatic heterocycles. The third-order valence-corrected chi connectivity index (χ3v) is 7.01. The molecule has 0 aromatic carbocycles. The molecule has 6 unspecified atom stereocenters. The van der Waals surface area contributed by atoms with Crippen molar-refractivity contribution in [2.24, 2.45) is 11.3 Å². The maximum atomic E-state index is 13.4. The molecule has 1 saturated heterocycles. The van der Waals surface area contributed by atoms with Gasteiger partial charge in [0.1, 0.15) is 5.60 Å². The van der Waals surface area contributed by atoms with Gasteiger partial charge >= 0.3 is 17.9 Å². The summed E-state index contributed by atoms with van der Waals surface area (Å²) in [6.07, 6.45) is 2.47. The normalized spacial score (nSPS) is 39.1. The minimum absolute atomic E-state index is 0.145. The zero-order chi connectivity index (χ0) is 22.4. The number of cyclic esters (lactones) is 1. The first-order valence-corrected chi connectivity index (χ1v) is 11.2. The molecule has 6 atom stereocenters. The van der Waals surface area contributed by atoms with Gasteiger partial charge in [0.05, 0.1) is 17.6 Å². The molecule has 31 heavy (non-hydrogen) atoms. The Morgan fingerprint density at radius 2 is 1.90 bits per heavy atom. The molecule has 4 bridgehead atoms. The zero-order valence-corrected chi connectivity index (χ0v) is 18.6. The first kappa shape index (κ1) is 22.3. The molecule has 0 N–H and O–H groups in total. The summed E-state index contributed by atoms with van der Waals surface area (Å²) in [6.45, 7) is 9.82. The van der Waals surface area contributed by atoms with Crippen molar-refractivity contribution in [2.75, 3.05) is 13.2 Å². The third-order valence-electron chi connectivity index (χ3n) is 7.01. The highest BCUT2D eigenvalue weighted by Crippen LogP contribution is 2.66. The number of esters is 3. The van der Waals surface area contributed by atoms with Crippen LogP contribution in [0.2, 0.25) is 0 Å². The van der Waals surface area contributed by atoms with E-state index < -0.39 is 46.9 Å². The smallest absolute Gasteiger partial charge is 0.347 e. The van der Waals surface area contributed by atoms with Crippen LogP contribution >= 0.6 is 0 Å². The van der Waals surface area contributed by atoms with E-state index in [1.807, 2.05) is 13.8 Å². The zero-order valence-electron chi connectivity index (χ0n) is 18.6. The van der Waals surface area contributed by atoms with Crippen molar-refractivity contribution in [1.29, 1.82) is 0 Å². The Bertz CT molecular complexity index is 792. The number of carbonyl (C=O) groups is 3. The molecule has 4 saturated carbocycles. The minimum atomic E-state index is -0.871. The van der Waals surface area contributed by atoms with E-state index in [4.69, 9.17) is 23.7 Å². The molecule has 5 rings (SSSR count). The third kappa shape index (κ3) is 4.12. The lowest BCUT2D eigenvalue weighted by Gasteiger charge is -2.64. The Balaban J connectivity index is 1.64. The number of hydrogen-bond donors (Lipinski definition) is 0. The number of carbonyl (C=O) groups excluding carboxylic acids is 3. The Hall–Kier alpha value is -1.93. The molecular weight excluding hydrogens is 404 g/mol. The Morgan fingerprint density at radius 1 is 1.19 bits per heavy atom. The lowest BCUT2D eigenvalue weighted by atomic mass is 9.46. The predicted octanol–water partition coefficient (Wildman–Crippen LogP) is 2.83. The molecule has 172 valence electrons. The topological polar surface area (TPSA) is 97.4 Å². The van der Waals surface area contributed by atoms with Crippen LogP contribution < -0.4 is 0 Å². The van der Waals surface area contributed by atoms with E-state index >= 15 is 0 Å². The van der Waals surface area contributed by atoms with Crippen LogP contribution in [-0.2, 0) is 38.1 Å². The molecule has 8 nitrogen and oxygen atoms in total. The highest BCUT2D eigenvalue weighted by atomic mass is 16.7. The lowest BCUT2D eigenvalue weighted by Crippen LogP contribution is -2.67. The van der Waals surface area contributed by atoms with Crippen LogP contribution in [-0.4, -0.2) is 54.7 Å². The van der Waals surface area contributed by atoms with Gasteiger partial charge in [0.2, 0.25) is 6.10 Å². The second-order valence-corrected chi connectivity index (χ2v) is 9.82. The van der Waals surface area contributed by atoms with E-state index in [1.165, 1.54) is 0 Å². The SMILES string of the molecule is C=C(C)C(=O)OC12CC3CC(OC(C)OCC)(C1)CC(C(=O)OC1CCOC1=O)(C3)C2. The van der Waals surface area contributed by atoms with Crippen molar-refractivity contribution in [1.82, 2.24) is 0 Å². The van der Waals surface area contributed by atoms with Gasteiger partial charge in [0, 0.05) is 31.4 Å². The monoisotopic (exact) mass is 436 g/mol. The molecule has 0 radical (unpaired) electrons. The summed E-state index contributed by atoms with van der Waals surface area (Å²) in [5.74, 6) is -1.24. The molecule has 0 aromatic heterocycles. The lowest BCUT2D eigenvalue weighted by molar-refractivity contribution is -0.294. The minimum Gasteiger partial charge on any atom is -0.463 e. The number of rotatable bonds is 8. The van der Waals surface area contributed by atoms with Gasteiger partial charge in [-0.15, -0.1) is 0 Å². The van der Waals surface area contributed by atoms with E-state index in [-0.39, 0.29) is 12.5 Å². The summed E-state index contributed by atoms with van der Waals surface area (Å²) in [5, 5.41) is 0. The van der Waals surface area contributed by atoms with Crippen molar-refractivity contribution in [3.05, 3.63) is 12.2 Å². The number of ether oxygens (including phenoxy) is 5. The first-order chi connectivity index (χ1) is 14.6. The van der Waals surface area contributed by atoms with Crippen LogP contribution in [0.1, 0.15) is 65.7 Å². The van der Waals surface area contributed by atoms with Crippen LogP contribution in [0.15, 0.2) is 12.2 Å². The van der Waals surface area contributed by atoms with Crippen molar-refractivity contribution in [2.45, 2.75) is 89.3 Å². The van der Waals surface area contributed by atoms with E-state index in [2.05, 4.69) is 6.58 Å². The second kappa shape index (κ2) is 7.89. The summed E-state index contributed by atoms with van der Waals surface area (Å²) in [6, 6.07) is 0. The summed E-state index contributed by atoms with van der Waals surface area (Å²) in [7, 11) is 0. The average Bonchev–Trinajstić information content (AvgIpc) is 3.04. The van der Waals surface area contributed by atoms with Gasteiger partial charge in [-0.1, -0.05) is 6.58 Å². The van der Waals surface area contributed by atoms with Gasteiger partial charge < -0.3 is 23.7 Å². The van der Waals surface area contributed by atoms with Crippen molar-refractivity contribution < 1.29 is 38.1 Å². The quantitative estimate of drug-likeness (QED) is 0.248. The fraction of sp³-hybridized carbons (Fsp3) is 0.783. The van der Waals surface area contributed by atoms with Crippen LogP contribution in [0, 0.1) is 11.3 Å². The molecule has 1 heterocycles. The van der Waals surface area contributed by atoms with Crippen molar-refractivity contribution in [3.63, 3.8) is 0 Å². The van der Waals surface area contributed by atoms with Gasteiger partial charge in [0.25, 0.3) is 0 Å². The van der Waals surface area contributed by atoms with E-state index in [1.54, 1.807) is 6.92 Å². The fourth-order valence-electron chi connectivity index (χ4n) is 6.48. The maximum absolute atomic E-state index is 13.4. The molecule has 8 heteroatoms. The summed E-state index contributed by atoms with van der Waals surface area (Å²) < 4.78 is 28.6. The number of hydrogen-bond acceptors (Lipinski definition) is 8. The molecule has 0 amide bonds. The Labute approximate surface area is 182 Å². The van der Waals surface area contributed by atoms with E-state index in [0.717, 1.165) is 6.42 Å². The van der Waals surface area contributed by atoms with E-state index in [9.17, 15) is 14.4 Å². The van der Waals surface area contributed by atoms with Gasteiger partial charge in [-0.3, -0.25) is 4.79 Å². The van der Waals surface area contributed by atoms with Crippen molar-refractivity contribution >= 4 is 17.9 Å². The largest absolute Gasteiger partial charge is 0.463 e. The fourth-order valence-corrected chi connectivity index (χ4v) is 6.48. The van der Waals surface area contributed by atoms with Gasteiger partial charge in [-0.25, -0.2) is 9.59 Å². The average molecular weight is 437 g/mol. The van der Waals surface area contributed by atoms with Crippen LogP contribution in [0.4, 0.5) is 0 Å². The molecular formula is C23H32O8. The van der Waals surface area contributed by atoms with Crippen molar-refractivity contribution in [3.8, 4) is 0 Å². The van der Waals surface area contributed by atoms with Gasteiger partial charge in [-0.05, 0) is 52.4 Å². The second-order valence-electron chi connectivity index (χ2n) is 9.82. The van der Waals surface area contributed by atoms with Crippen LogP contribution in [0.5, 0.6) is 0 Å². The van der Waals surface area contributed by atoms with Gasteiger partial charge in [0.15, 0.2) is 6.29 Å². The molecule has 5 fully saturated rings.